The number of sulfone groups is 1. The molecule has 0 bridgehead atoms. The average molecular weight is 355 g/mol. The van der Waals surface area contributed by atoms with Crippen LogP contribution in [0.5, 0.6) is 0 Å². The fourth-order valence-corrected chi connectivity index (χ4v) is 3.23. The van der Waals surface area contributed by atoms with Crippen molar-refractivity contribution in [1.82, 2.24) is 0 Å². The number of hydrogen-bond acceptors (Lipinski definition) is 5. The lowest BCUT2D eigenvalue weighted by molar-refractivity contribution is -0.387. The predicted octanol–water partition coefficient (Wildman–Crippen LogP) is 3.29. The smallest absolute Gasteiger partial charge is 0.311 e. The van der Waals surface area contributed by atoms with Crippen molar-refractivity contribution in [2.24, 2.45) is 0 Å². The highest BCUT2D eigenvalue weighted by Gasteiger charge is 2.27. The second-order valence-corrected chi connectivity index (χ2v) is 7.56. The molecule has 0 radical (unpaired) electrons. The Balaban J connectivity index is 2.46. The Bertz CT molecular complexity index is 835. The van der Waals surface area contributed by atoms with Gasteiger partial charge in [0, 0.05) is 24.9 Å². The van der Waals surface area contributed by atoms with E-state index in [-0.39, 0.29) is 10.6 Å². The zero-order valence-electron chi connectivity index (χ0n) is 12.6. The molecule has 0 saturated heterocycles. The molecule has 0 fully saturated rings. The van der Waals surface area contributed by atoms with Gasteiger partial charge in [-0.3, -0.25) is 10.1 Å². The number of para-hydroxylation sites is 1. The Kier molecular flexibility index (Phi) is 4.91. The van der Waals surface area contributed by atoms with Gasteiger partial charge in [-0.15, -0.1) is 0 Å². The molecular weight excluding hydrogens is 340 g/mol. The number of benzene rings is 2. The Labute approximate surface area is 139 Å². The molecule has 0 aliphatic heterocycles. The zero-order chi connectivity index (χ0) is 17.2. The fraction of sp³-hybridized carbons (Fsp3) is 0.200. The van der Waals surface area contributed by atoms with Crippen molar-refractivity contribution in [2.75, 3.05) is 18.2 Å². The van der Waals surface area contributed by atoms with E-state index in [1.54, 1.807) is 24.1 Å². The van der Waals surface area contributed by atoms with Gasteiger partial charge >= 0.3 is 5.69 Å². The maximum absolute atomic E-state index is 11.8. The third kappa shape index (κ3) is 4.00. The molecular formula is C15H15ClN2O4S. The maximum Gasteiger partial charge on any atom is 0.311 e. The third-order valence-corrected chi connectivity index (χ3v) is 4.68. The lowest BCUT2D eigenvalue weighted by Gasteiger charge is -2.20. The van der Waals surface area contributed by atoms with Gasteiger partial charge in [0.05, 0.1) is 4.92 Å². The van der Waals surface area contributed by atoms with E-state index >= 15 is 0 Å². The van der Waals surface area contributed by atoms with Crippen LogP contribution in [-0.4, -0.2) is 26.6 Å². The van der Waals surface area contributed by atoms with Gasteiger partial charge in [0.2, 0.25) is 0 Å². The first kappa shape index (κ1) is 17.2. The molecule has 0 aliphatic carbocycles. The monoisotopic (exact) mass is 354 g/mol. The molecule has 0 aromatic heterocycles. The first-order valence-corrected chi connectivity index (χ1v) is 8.90. The molecule has 0 aliphatic rings. The first-order valence-electron chi connectivity index (χ1n) is 6.63. The second-order valence-electron chi connectivity index (χ2n) is 5.14. The molecule has 0 N–H and O–H groups in total. The summed E-state index contributed by atoms with van der Waals surface area (Å²) in [6.45, 7) is 0.380. The average Bonchev–Trinajstić information content (AvgIpc) is 2.47. The van der Waals surface area contributed by atoms with Crippen molar-refractivity contribution < 1.29 is 13.3 Å². The van der Waals surface area contributed by atoms with Gasteiger partial charge in [-0.25, -0.2) is 8.42 Å². The van der Waals surface area contributed by atoms with Crippen LogP contribution in [-0.2, 0) is 16.4 Å². The van der Waals surface area contributed by atoms with Gasteiger partial charge in [0.25, 0.3) is 0 Å². The lowest BCUT2D eigenvalue weighted by atomic mass is 10.2. The molecule has 0 spiro atoms. The molecule has 8 heteroatoms. The normalized spacial score (nSPS) is 11.3. The van der Waals surface area contributed by atoms with Gasteiger partial charge in [0.15, 0.2) is 9.84 Å². The minimum atomic E-state index is -3.70. The van der Waals surface area contributed by atoms with Crippen LogP contribution in [0.2, 0.25) is 5.02 Å². The number of rotatable bonds is 5. The van der Waals surface area contributed by atoms with Crippen molar-refractivity contribution in [3.05, 3.63) is 63.2 Å². The zero-order valence-corrected chi connectivity index (χ0v) is 14.1. The second kappa shape index (κ2) is 6.55. The first-order chi connectivity index (χ1) is 10.7. The topological polar surface area (TPSA) is 80.5 Å². The molecule has 2 rings (SSSR count). The van der Waals surface area contributed by atoms with Crippen LogP contribution in [0.4, 0.5) is 11.4 Å². The molecule has 2 aromatic carbocycles. The van der Waals surface area contributed by atoms with E-state index < -0.39 is 20.4 Å². The van der Waals surface area contributed by atoms with E-state index in [0.717, 1.165) is 11.8 Å². The molecule has 0 amide bonds. The molecule has 0 unspecified atom stereocenters. The molecule has 122 valence electrons. The Morgan fingerprint density at radius 1 is 1.17 bits per heavy atom. The van der Waals surface area contributed by atoms with Crippen molar-refractivity contribution in [3.8, 4) is 0 Å². The van der Waals surface area contributed by atoms with Gasteiger partial charge in [-0.05, 0) is 29.8 Å². The van der Waals surface area contributed by atoms with Crippen molar-refractivity contribution in [2.45, 2.75) is 11.4 Å². The number of nitro groups is 1. The number of halogens is 1. The number of hydrogen-bond donors (Lipinski definition) is 0. The third-order valence-electron chi connectivity index (χ3n) is 3.30. The molecule has 0 saturated carbocycles. The van der Waals surface area contributed by atoms with Gasteiger partial charge < -0.3 is 4.90 Å². The molecule has 0 atom stereocenters. The van der Waals surface area contributed by atoms with E-state index in [1.165, 1.54) is 18.2 Å². The van der Waals surface area contributed by atoms with Crippen molar-refractivity contribution in [1.29, 1.82) is 0 Å². The van der Waals surface area contributed by atoms with Crippen LogP contribution in [0.15, 0.2) is 47.4 Å². The van der Waals surface area contributed by atoms with Crippen LogP contribution < -0.4 is 4.90 Å². The lowest BCUT2D eigenvalue weighted by Crippen LogP contribution is -2.18. The van der Waals surface area contributed by atoms with Crippen LogP contribution >= 0.6 is 11.6 Å². The molecule has 0 heterocycles. The summed E-state index contributed by atoms with van der Waals surface area (Å²) in [5.41, 5.74) is 0.732. The number of nitro benzene ring substituents is 1. The van der Waals surface area contributed by atoms with E-state index in [4.69, 9.17) is 11.6 Å². The standard InChI is InChI=1S/C15H15ClN2O4S/c1-17(10-11-6-8-12(16)9-7-11)13-4-3-5-14(23(2,21)22)15(13)18(19)20/h3-9H,10H2,1-2H3. The fourth-order valence-electron chi connectivity index (χ4n) is 2.25. The highest BCUT2D eigenvalue weighted by molar-refractivity contribution is 7.90. The summed E-state index contributed by atoms with van der Waals surface area (Å²) in [4.78, 5) is 12.1. The van der Waals surface area contributed by atoms with Crippen molar-refractivity contribution >= 4 is 32.8 Å². The van der Waals surface area contributed by atoms with E-state index in [0.29, 0.717) is 11.6 Å². The summed E-state index contributed by atoms with van der Waals surface area (Å²) in [7, 11) is -2.03. The quantitative estimate of drug-likeness (QED) is 0.608. The highest BCUT2D eigenvalue weighted by atomic mass is 35.5. The summed E-state index contributed by atoms with van der Waals surface area (Å²) in [6.07, 6.45) is 0.957. The summed E-state index contributed by atoms with van der Waals surface area (Å²) < 4.78 is 23.6. The van der Waals surface area contributed by atoms with E-state index in [9.17, 15) is 18.5 Å². The Morgan fingerprint density at radius 3 is 2.30 bits per heavy atom. The number of nitrogens with zero attached hydrogens (tertiary/aromatic N) is 2. The van der Waals surface area contributed by atoms with Crippen molar-refractivity contribution in [3.63, 3.8) is 0 Å². The minimum Gasteiger partial charge on any atom is -0.365 e. The van der Waals surface area contributed by atoms with E-state index in [1.807, 2.05) is 12.1 Å². The number of anilines is 1. The molecule has 6 nitrogen and oxygen atoms in total. The summed E-state index contributed by atoms with van der Waals surface area (Å²) >= 11 is 5.83. The Hall–Kier alpha value is -2.12. The highest BCUT2D eigenvalue weighted by Crippen LogP contribution is 2.34. The van der Waals surface area contributed by atoms with Crippen LogP contribution in [0.3, 0.4) is 0 Å². The Morgan fingerprint density at radius 2 is 1.78 bits per heavy atom. The van der Waals surface area contributed by atoms with Crippen LogP contribution in [0.1, 0.15) is 5.56 Å². The van der Waals surface area contributed by atoms with Gasteiger partial charge in [-0.1, -0.05) is 29.8 Å². The molecule has 2 aromatic rings. The van der Waals surface area contributed by atoms with Gasteiger partial charge in [0.1, 0.15) is 10.6 Å². The predicted molar refractivity (Wildman–Crippen MR) is 89.8 cm³/mol. The van der Waals surface area contributed by atoms with E-state index in [2.05, 4.69) is 0 Å². The van der Waals surface area contributed by atoms with Gasteiger partial charge in [-0.2, -0.15) is 0 Å². The molecule has 23 heavy (non-hydrogen) atoms. The van der Waals surface area contributed by atoms with Crippen LogP contribution in [0, 0.1) is 10.1 Å². The summed E-state index contributed by atoms with van der Waals surface area (Å²) in [5.74, 6) is 0. The SMILES string of the molecule is CN(Cc1ccc(Cl)cc1)c1cccc(S(C)(=O)=O)c1[N+](=O)[O-]. The summed E-state index contributed by atoms with van der Waals surface area (Å²) in [6, 6.07) is 11.3. The minimum absolute atomic E-state index is 0.243. The van der Waals surface area contributed by atoms with Crippen LogP contribution in [0.25, 0.3) is 0 Å². The summed E-state index contributed by atoms with van der Waals surface area (Å²) in [5, 5.41) is 12.0. The maximum atomic E-state index is 11.8. The largest absolute Gasteiger partial charge is 0.365 e.